The van der Waals surface area contributed by atoms with E-state index in [1.165, 1.54) is 0 Å². The minimum absolute atomic E-state index is 0. The number of anilines is 2. The maximum absolute atomic E-state index is 12.8. The molecule has 2 aromatic carbocycles. The van der Waals surface area contributed by atoms with Gasteiger partial charge in [-0.15, -0.1) is 24.8 Å². The number of nitrogens with zero attached hydrogens (tertiary/aromatic N) is 4. The molecule has 30 heavy (non-hydrogen) atoms. The summed E-state index contributed by atoms with van der Waals surface area (Å²) in [7, 11) is 0. The van der Waals surface area contributed by atoms with Gasteiger partial charge in [0.1, 0.15) is 6.04 Å². The Bertz CT molecular complexity index is 905. The Morgan fingerprint density at radius 3 is 2.53 bits per heavy atom. The molecular formula is C20H27Cl2N7O. The summed E-state index contributed by atoms with van der Waals surface area (Å²) in [6.45, 7) is 5.66. The monoisotopic (exact) mass is 451 g/mol. The summed E-state index contributed by atoms with van der Waals surface area (Å²) in [6, 6.07) is 16.9. The zero-order valence-electron chi connectivity index (χ0n) is 16.9. The normalized spacial score (nSPS) is 11.0. The highest BCUT2D eigenvalue weighted by Gasteiger charge is 2.20. The lowest BCUT2D eigenvalue weighted by molar-refractivity contribution is -0.117. The molecule has 1 unspecified atom stereocenters. The fourth-order valence-electron chi connectivity index (χ4n) is 2.79. The second kappa shape index (κ2) is 12.8. The maximum atomic E-state index is 12.8. The number of tetrazole rings is 1. The van der Waals surface area contributed by atoms with E-state index in [-0.39, 0.29) is 30.7 Å². The summed E-state index contributed by atoms with van der Waals surface area (Å²) in [6.07, 6.45) is 0.588. The van der Waals surface area contributed by atoms with E-state index in [2.05, 4.69) is 38.4 Å². The summed E-state index contributed by atoms with van der Waals surface area (Å²) >= 11 is 0. The van der Waals surface area contributed by atoms with E-state index in [1.807, 2.05) is 61.5 Å². The summed E-state index contributed by atoms with van der Waals surface area (Å²) in [5.41, 5.74) is 2.71. The topological polar surface area (TPSA) is 96.8 Å². The van der Waals surface area contributed by atoms with Crippen LogP contribution in [0.4, 0.5) is 11.6 Å². The Balaban J connectivity index is 0.00000225. The van der Waals surface area contributed by atoms with Gasteiger partial charge in [0.05, 0.1) is 5.69 Å². The van der Waals surface area contributed by atoms with Crippen LogP contribution in [0.3, 0.4) is 0 Å². The van der Waals surface area contributed by atoms with Crippen molar-refractivity contribution in [1.82, 2.24) is 25.5 Å². The van der Waals surface area contributed by atoms with Gasteiger partial charge >= 0.3 is 0 Å². The van der Waals surface area contributed by atoms with Crippen LogP contribution in [0.5, 0.6) is 0 Å². The third-order valence-corrected chi connectivity index (χ3v) is 4.27. The van der Waals surface area contributed by atoms with Crippen molar-refractivity contribution in [2.24, 2.45) is 0 Å². The molecule has 0 bridgehead atoms. The van der Waals surface area contributed by atoms with Crippen LogP contribution in [0.15, 0.2) is 54.6 Å². The molecule has 8 nitrogen and oxygen atoms in total. The Hall–Kier alpha value is -2.68. The van der Waals surface area contributed by atoms with Crippen molar-refractivity contribution in [2.45, 2.75) is 32.9 Å². The predicted molar refractivity (Wildman–Crippen MR) is 124 cm³/mol. The first-order chi connectivity index (χ1) is 13.7. The van der Waals surface area contributed by atoms with Crippen LogP contribution in [0, 0.1) is 0 Å². The molecule has 3 rings (SSSR count). The Morgan fingerprint density at radius 1 is 1.07 bits per heavy atom. The number of carbonyl (C=O) groups is 1. The highest BCUT2D eigenvalue weighted by molar-refractivity contribution is 5.96. The van der Waals surface area contributed by atoms with Crippen molar-refractivity contribution in [1.29, 1.82) is 0 Å². The predicted octanol–water partition coefficient (Wildman–Crippen LogP) is 3.44. The lowest BCUT2D eigenvalue weighted by atomic mass is 10.1. The number of hydrogen-bond acceptors (Lipinski definition) is 6. The molecule has 162 valence electrons. The zero-order valence-corrected chi connectivity index (χ0v) is 18.5. The van der Waals surface area contributed by atoms with Crippen LogP contribution >= 0.6 is 24.8 Å². The van der Waals surface area contributed by atoms with Crippen LogP contribution in [0.1, 0.15) is 25.8 Å². The summed E-state index contributed by atoms with van der Waals surface area (Å²) in [5.74, 6) is 0.291. The fourth-order valence-corrected chi connectivity index (χ4v) is 2.79. The van der Waals surface area contributed by atoms with Crippen molar-refractivity contribution in [3.05, 3.63) is 60.2 Å². The van der Waals surface area contributed by atoms with Crippen LogP contribution in [-0.2, 0) is 11.3 Å². The van der Waals surface area contributed by atoms with Crippen molar-refractivity contribution in [3.8, 4) is 5.69 Å². The molecule has 3 N–H and O–H groups in total. The number of aromatic nitrogens is 4. The molecule has 0 saturated heterocycles. The van der Waals surface area contributed by atoms with E-state index in [0.717, 1.165) is 30.0 Å². The van der Waals surface area contributed by atoms with Crippen molar-refractivity contribution >= 4 is 42.4 Å². The van der Waals surface area contributed by atoms with E-state index in [9.17, 15) is 4.79 Å². The number of carbonyl (C=O) groups excluding carboxylic acids is 1. The summed E-state index contributed by atoms with van der Waals surface area (Å²) < 4.78 is 1.58. The van der Waals surface area contributed by atoms with Crippen LogP contribution in [0.2, 0.25) is 0 Å². The van der Waals surface area contributed by atoms with Gasteiger partial charge in [-0.2, -0.15) is 4.68 Å². The maximum Gasteiger partial charge on any atom is 0.248 e. The molecule has 0 aliphatic rings. The lowest BCUT2D eigenvalue weighted by Crippen LogP contribution is -2.35. The highest BCUT2D eigenvalue weighted by atomic mass is 35.5. The third kappa shape index (κ3) is 6.69. The Morgan fingerprint density at radius 2 is 1.83 bits per heavy atom. The van der Waals surface area contributed by atoms with E-state index < -0.39 is 6.04 Å². The van der Waals surface area contributed by atoms with Gasteiger partial charge in [0, 0.05) is 12.2 Å². The molecule has 0 saturated carbocycles. The molecular weight excluding hydrogens is 425 g/mol. The van der Waals surface area contributed by atoms with Gasteiger partial charge in [-0.05, 0) is 53.2 Å². The SMILES string of the molecule is CCNCc1cccc(NC(=O)C(CC)Nc2nnnn2-c2ccccc2)c1.Cl.Cl. The first-order valence-electron chi connectivity index (χ1n) is 9.42. The fraction of sp³-hybridized carbons (Fsp3) is 0.300. The largest absolute Gasteiger partial charge is 0.341 e. The molecule has 0 aliphatic heterocycles. The number of halogens is 2. The molecule has 0 spiro atoms. The van der Waals surface area contributed by atoms with Gasteiger partial charge in [-0.3, -0.25) is 4.79 Å². The van der Waals surface area contributed by atoms with Crippen molar-refractivity contribution in [2.75, 3.05) is 17.2 Å². The molecule has 1 atom stereocenters. The molecule has 0 aliphatic carbocycles. The third-order valence-electron chi connectivity index (χ3n) is 4.27. The van der Waals surface area contributed by atoms with Crippen LogP contribution < -0.4 is 16.0 Å². The molecule has 1 heterocycles. The van der Waals surface area contributed by atoms with Gasteiger partial charge in [-0.25, -0.2) is 0 Å². The van der Waals surface area contributed by atoms with E-state index in [0.29, 0.717) is 12.4 Å². The second-order valence-corrected chi connectivity index (χ2v) is 6.32. The standard InChI is InChI=1S/C20H25N7O.2ClH/c1-3-18(19(28)22-16-10-8-9-15(13-16)14-21-4-2)23-20-24-25-26-27(20)17-11-6-5-7-12-17;;/h5-13,18,21H,3-4,14H2,1-2H3,(H,22,28)(H,23,24,26);2*1H. The van der Waals surface area contributed by atoms with E-state index in [4.69, 9.17) is 0 Å². The lowest BCUT2D eigenvalue weighted by Gasteiger charge is -2.17. The average Bonchev–Trinajstić information content (AvgIpc) is 3.19. The van der Waals surface area contributed by atoms with E-state index >= 15 is 0 Å². The molecule has 1 aromatic heterocycles. The molecule has 10 heteroatoms. The van der Waals surface area contributed by atoms with Gasteiger partial charge in [0.2, 0.25) is 11.9 Å². The zero-order chi connectivity index (χ0) is 19.8. The van der Waals surface area contributed by atoms with Gasteiger partial charge in [0.25, 0.3) is 0 Å². The van der Waals surface area contributed by atoms with Crippen molar-refractivity contribution < 1.29 is 4.79 Å². The van der Waals surface area contributed by atoms with Gasteiger partial charge in [-0.1, -0.05) is 49.3 Å². The van der Waals surface area contributed by atoms with Crippen LogP contribution in [-0.4, -0.2) is 38.7 Å². The number of amides is 1. The Labute approximate surface area is 188 Å². The number of benzene rings is 2. The number of rotatable bonds is 9. The van der Waals surface area contributed by atoms with E-state index in [1.54, 1.807) is 4.68 Å². The average molecular weight is 452 g/mol. The van der Waals surface area contributed by atoms with Crippen molar-refractivity contribution in [3.63, 3.8) is 0 Å². The first kappa shape index (κ1) is 25.4. The molecule has 3 aromatic rings. The summed E-state index contributed by atoms with van der Waals surface area (Å²) in [4.78, 5) is 12.8. The van der Waals surface area contributed by atoms with Gasteiger partial charge < -0.3 is 16.0 Å². The van der Waals surface area contributed by atoms with Gasteiger partial charge in [0.15, 0.2) is 0 Å². The minimum Gasteiger partial charge on any atom is -0.341 e. The number of para-hydroxylation sites is 1. The summed E-state index contributed by atoms with van der Waals surface area (Å²) in [5, 5.41) is 21.2. The molecule has 0 fully saturated rings. The van der Waals surface area contributed by atoms with Crippen LogP contribution in [0.25, 0.3) is 5.69 Å². The smallest absolute Gasteiger partial charge is 0.248 e. The second-order valence-electron chi connectivity index (χ2n) is 6.32. The number of hydrogen-bond donors (Lipinski definition) is 3. The molecule has 0 radical (unpaired) electrons. The molecule has 1 amide bonds. The quantitative estimate of drug-likeness (QED) is 0.460. The highest BCUT2D eigenvalue weighted by Crippen LogP contribution is 2.15. The minimum atomic E-state index is -0.467. The first-order valence-corrected chi connectivity index (χ1v) is 9.42. The number of nitrogens with one attached hydrogen (secondary N) is 3. The Kier molecular flexibility index (Phi) is 10.8.